The molecule has 0 atom stereocenters. The first-order valence-corrected chi connectivity index (χ1v) is 7.44. The van der Waals surface area contributed by atoms with Gasteiger partial charge in [-0.2, -0.15) is 4.98 Å². The molecule has 0 radical (unpaired) electrons. The maximum atomic E-state index is 12.3. The summed E-state index contributed by atoms with van der Waals surface area (Å²) in [5, 5.41) is 0. The monoisotopic (exact) mass is 298 g/mol. The van der Waals surface area contributed by atoms with Gasteiger partial charge in [0.15, 0.2) is 5.58 Å². The second-order valence-electron chi connectivity index (χ2n) is 5.12. The Balaban J connectivity index is 1.74. The Hall–Kier alpha value is -2.56. The van der Waals surface area contributed by atoms with Crippen LogP contribution in [0.25, 0.3) is 11.1 Å². The maximum absolute atomic E-state index is 12.3. The predicted molar refractivity (Wildman–Crippen MR) is 84.0 cm³/mol. The zero-order valence-electron chi connectivity index (χ0n) is 12.5. The first-order valence-electron chi connectivity index (χ1n) is 7.44. The van der Waals surface area contributed by atoms with E-state index in [1.54, 1.807) is 16.8 Å². The summed E-state index contributed by atoms with van der Waals surface area (Å²) in [5.74, 6) is 0. The smallest absolute Gasteiger partial charge is 0.394 e. The lowest BCUT2D eigenvalue weighted by Crippen LogP contribution is -2.24. The van der Waals surface area contributed by atoms with Crippen LogP contribution >= 0.6 is 0 Å². The van der Waals surface area contributed by atoms with Gasteiger partial charge in [0.05, 0.1) is 5.56 Å². The van der Waals surface area contributed by atoms with Crippen LogP contribution in [0.15, 0.2) is 51.8 Å². The lowest BCUT2D eigenvalue weighted by molar-refractivity contribution is 0.224. The number of aromatic nitrogens is 2. The molecule has 0 N–H and O–H groups in total. The normalized spacial score (nSPS) is 11.0. The summed E-state index contributed by atoms with van der Waals surface area (Å²) in [5.41, 5.74) is 1.99. The number of fused-ring (bicyclic) bond motifs is 1. The molecule has 22 heavy (non-hydrogen) atoms. The molecule has 0 bridgehead atoms. The molecule has 5 heteroatoms. The minimum atomic E-state index is -0.0212. The Morgan fingerprint density at radius 3 is 2.91 bits per heavy atom. The van der Waals surface area contributed by atoms with Crippen molar-refractivity contribution in [1.29, 1.82) is 0 Å². The van der Waals surface area contributed by atoms with E-state index in [2.05, 4.69) is 11.9 Å². The van der Waals surface area contributed by atoms with E-state index >= 15 is 0 Å². The highest BCUT2D eigenvalue weighted by Crippen LogP contribution is 2.20. The molecule has 0 saturated carbocycles. The zero-order chi connectivity index (χ0) is 15.4. The van der Waals surface area contributed by atoms with Crippen molar-refractivity contribution in [1.82, 2.24) is 9.55 Å². The van der Waals surface area contributed by atoms with Gasteiger partial charge in [0, 0.05) is 12.7 Å². The number of benzene rings is 1. The second-order valence-corrected chi connectivity index (χ2v) is 5.12. The van der Waals surface area contributed by atoms with Crippen LogP contribution in [0.5, 0.6) is 6.08 Å². The molecule has 0 aliphatic carbocycles. The van der Waals surface area contributed by atoms with Crippen LogP contribution in [-0.2, 0) is 13.2 Å². The van der Waals surface area contributed by atoms with E-state index in [4.69, 9.17) is 9.15 Å². The third kappa shape index (κ3) is 3.03. The molecule has 0 amide bonds. The van der Waals surface area contributed by atoms with Gasteiger partial charge in [-0.15, -0.1) is 0 Å². The van der Waals surface area contributed by atoms with E-state index in [-0.39, 0.29) is 18.2 Å². The molecule has 114 valence electrons. The van der Waals surface area contributed by atoms with Crippen molar-refractivity contribution in [2.45, 2.75) is 32.9 Å². The van der Waals surface area contributed by atoms with Crippen molar-refractivity contribution < 1.29 is 9.15 Å². The lowest BCUT2D eigenvalue weighted by Gasteiger charge is -2.07. The van der Waals surface area contributed by atoms with Gasteiger partial charge in [0.2, 0.25) is 0 Å². The van der Waals surface area contributed by atoms with E-state index in [0.29, 0.717) is 11.1 Å². The molecule has 0 aliphatic heterocycles. The molecule has 3 aromatic rings. The molecule has 5 nitrogen and oxygen atoms in total. The first-order chi connectivity index (χ1) is 10.8. The number of ether oxygens (including phenoxy) is 1. The van der Waals surface area contributed by atoms with Gasteiger partial charge in [-0.3, -0.25) is 4.79 Å². The number of pyridine rings is 1. The summed E-state index contributed by atoms with van der Waals surface area (Å²) in [4.78, 5) is 16.5. The molecule has 0 aliphatic rings. The van der Waals surface area contributed by atoms with E-state index in [0.717, 1.165) is 24.9 Å². The summed E-state index contributed by atoms with van der Waals surface area (Å²) in [6.07, 6.45) is 4.02. The van der Waals surface area contributed by atoms with E-state index in [1.807, 2.05) is 30.3 Å². The summed E-state index contributed by atoms with van der Waals surface area (Å²) in [6, 6.07) is 11.1. The molecule has 0 spiro atoms. The fraction of sp³-hybridized carbons (Fsp3) is 0.294. The molecule has 0 fully saturated rings. The number of rotatable bonds is 6. The average Bonchev–Trinajstić information content (AvgIpc) is 2.95. The molecule has 3 rings (SSSR count). The van der Waals surface area contributed by atoms with Crippen LogP contribution in [0.4, 0.5) is 0 Å². The first kappa shape index (κ1) is 14.4. The summed E-state index contributed by atoms with van der Waals surface area (Å²) >= 11 is 0. The number of aryl methyl sites for hydroxylation is 1. The lowest BCUT2D eigenvalue weighted by atomic mass is 10.2. The SMILES string of the molecule is CCCCn1cccc(COc2nc3ccccc3o2)c1=O. The summed E-state index contributed by atoms with van der Waals surface area (Å²) in [7, 11) is 0. The van der Waals surface area contributed by atoms with Crippen molar-refractivity contribution in [2.24, 2.45) is 0 Å². The van der Waals surface area contributed by atoms with E-state index < -0.39 is 0 Å². The van der Waals surface area contributed by atoms with Crippen LogP contribution < -0.4 is 10.3 Å². The number of nitrogens with zero attached hydrogens (tertiary/aromatic N) is 2. The predicted octanol–water partition coefficient (Wildman–Crippen LogP) is 3.37. The van der Waals surface area contributed by atoms with Gasteiger partial charge in [-0.25, -0.2) is 0 Å². The van der Waals surface area contributed by atoms with Crippen molar-refractivity contribution in [3.05, 3.63) is 58.5 Å². The van der Waals surface area contributed by atoms with Crippen molar-refractivity contribution >= 4 is 11.1 Å². The Morgan fingerprint density at radius 1 is 1.23 bits per heavy atom. The van der Waals surface area contributed by atoms with Gasteiger partial charge in [-0.1, -0.05) is 25.5 Å². The number of hydrogen-bond acceptors (Lipinski definition) is 4. The van der Waals surface area contributed by atoms with Crippen molar-refractivity contribution in [3.63, 3.8) is 0 Å². The Kier molecular flexibility index (Phi) is 4.23. The topological polar surface area (TPSA) is 57.3 Å². The molecular formula is C17H18N2O3. The second kappa shape index (κ2) is 6.47. The fourth-order valence-electron chi connectivity index (χ4n) is 2.25. The Bertz CT molecular complexity index is 787. The molecule has 1 aromatic carbocycles. The van der Waals surface area contributed by atoms with Gasteiger partial charge >= 0.3 is 6.08 Å². The van der Waals surface area contributed by atoms with Crippen LogP contribution in [0, 0.1) is 0 Å². The molecular weight excluding hydrogens is 280 g/mol. The zero-order valence-corrected chi connectivity index (χ0v) is 12.5. The van der Waals surface area contributed by atoms with Gasteiger partial charge in [-0.05, 0) is 30.7 Å². The maximum Gasteiger partial charge on any atom is 0.394 e. The van der Waals surface area contributed by atoms with Crippen LogP contribution in [-0.4, -0.2) is 9.55 Å². The number of oxazole rings is 1. The van der Waals surface area contributed by atoms with Crippen LogP contribution in [0.2, 0.25) is 0 Å². The molecule has 0 unspecified atom stereocenters. The minimum absolute atomic E-state index is 0.0212. The average molecular weight is 298 g/mol. The number of unbranched alkanes of at least 4 members (excludes halogenated alkanes) is 1. The largest absolute Gasteiger partial charge is 0.445 e. The number of para-hydroxylation sites is 2. The fourth-order valence-corrected chi connectivity index (χ4v) is 2.25. The van der Waals surface area contributed by atoms with E-state index in [1.165, 1.54) is 0 Å². The van der Waals surface area contributed by atoms with Crippen LogP contribution in [0.1, 0.15) is 25.3 Å². The molecule has 0 saturated heterocycles. The van der Waals surface area contributed by atoms with Gasteiger partial charge in [0.1, 0.15) is 12.1 Å². The van der Waals surface area contributed by atoms with Gasteiger partial charge in [0.25, 0.3) is 5.56 Å². The summed E-state index contributed by atoms with van der Waals surface area (Å²) < 4.78 is 12.7. The summed E-state index contributed by atoms with van der Waals surface area (Å²) in [6.45, 7) is 2.98. The Labute approximate surface area is 128 Å². The van der Waals surface area contributed by atoms with Crippen LogP contribution in [0.3, 0.4) is 0 Å². The third-order valence-corrected chi connectivity index (χ3v) is 3.48. The third-order valence-electron chi connectivity index (χ3n) is 3.48. The Morgan fingerprint density at radius 2 is 2.09 bits per heavy atom. The highest BCUT2D eigenvalue weighted by molar-refractivity contribution is 5.72. The van der Waals surface area contributed by atoms with Crippen molar-refractivity contribution in [2.75, 3.05) is 0 Å². The van der Waals surface area contributed by atoms with E-state index in [9.17, 15) is 4.79 Å². The molecule has 2 heterocycles. The standard InChI is InChI=1S/C17H18N2O3/c1-2-3-10-19-11-6-7-13(16(19)20)12-21-17-18-14-8-4-5-9-15(14)22-17/h4-9,11H,2-3,10,12H2,1H3. The number of hydrogen-bond donors (Lipinski definition) is 0. The highest BCUT2D eigenvalue weighted by Gasteiger charge is 2.08. The minimum Gasteiger partial charge on any atom is -0.445 e. The van der Waals surface area contributed by atoms with Gasteiger partial charge < -0.3 is 13.7 Å². The quantitative estimate of drug-likeness (QED) is 0.700. The highest BCUT2D eigenvalue weighted by atomic mass is 16.6. The molecule has 2 aromatic heterocycles. The van der Waals surface area contributed by atoms with Crippen molar-refractivity contribution in [3.8, 4) is 6.08 Å².